The molecule has 1 N–H and O–H groups in total. The van der Waals surface area contributed by atoms with E-state index in [1.54, 1.807) is 11.8 Å². The van der Waals surface area contributed by atoms with E-state index in [9.17, 15) is 9.50 Å². The number of benzene rings is 2. The van der Waals surface area contributed by atoms with Gasteiger partial charge in [0.1, 0.15) is 11.4 Å². The van der Waals surface area contributed by atoms with E-state index in [2.05, 4.69) is 50.6 Å². The number of rotatable bonds is 3. The molecular weight excluding hydrogens is 535 g/mol. The Kier molecular flexibility index (Phi) is 5.58. The van der Waals surface area contributed by atoms with Gasteiger partial charge in [-0.15, -0.1) is 23.2 Å². The number of fused-ring (bicyclic) bond motifs is 8. The van der Waals surface area contributed by atoms with Gasteiger partial charge in [0.05, 0.1) is 10.7 Å². The van der Waals surface area contributed by atoms with E-state index >= 15 is 0 Å². The van der Waals surface area contributed by atoms with Gasteiger partial charge in [0.2, 0.25) is 0 Å². The molecule has 5 unspecified atom stereocenters. The van der Waals surface area contributed by atoms with E-state index in [-0.39, 0.29) is 17.2 Å². The molecule has 2 saturated carbocycles. The van der Waals surface area contributed by atoms with Gasteiger partial charge in [-0.2, -0.15) is 14.4 Å². The average molecular weight is 567 g/mol. The smallest absolute Gasteiger partial charge is 0.328 e. The number of nitrogens with zero attached hydrogens (tertiary/aromatic N) is 4. The summed E-state index contributed by atoms with van der Waals surface area (Å²) in [5.74, 6) is 6.01. The number of hydrogen-bond donors (Lipinski definition) is 1. The predicted molar refractivity (Wildman–Crippen MR) is 156 cm³/mol. The highest BCUT2D eigenvalue weighted by atomic mass is 32.2. The molecular formula is C33H31FN4O2S. The van der Waals surface area contributed by atoms with Crippen molar-refractivity contribution in [2.45, 2.75) is 68.5 Å². The summed E-state index contributed by atoms with van der Waals surface area (Å²) >= 11 is 1.80. The summed E-state index contributed by atoms with van der Waals surface area (Å²) in [5, 5.41) is 14.5. The molecule has 2 fully saturated rings. The minimum atomic E-state index is -0.995. The zero-order valence-corrected chi connectivity index (χ0v) is 23.8. The highest BCUT2D eigenvalue weighted by Crippen LogP contribution is 2.64. The molecule has 6 nitrogen and oxygen atoms in total. The van der Waals surface area contributed by atoms with E-state index in [0.717, 1.165) is 65.9 Å². The molecule has 2 aromatic carbocycles. The Bertz CT molecular complexity index is 1760. The van der Waals surface area contributed by atoms with Gasteiger partial charge in [-0.05, 0) is 79.5 Å². The summed E-state index contributed by atoms with van der Waals surface area (Å²) in [6.45, 7) is 3.03. The van der Waals surface area contributed by atoms with Crippen LogP contribution in [0.5, 0.6) is 11.8 Å². The summed E-state index contributed by atoms with van der Waals surface area (Å²) < 4.78 is 23.0. The van der Waals surface area contributed by atoms with E-state index in [4.69, 9.17) is 11.2 Å². The van der Waals surface area contributed by atoms with Crippen LogP contribution in [-0.4, -0.2) is 36.0 Å². The third kappa shape index (κ3) is 3.65. The standard InChI is InChI=1S/C33H31FN4O2S/c1-3-33(39)15-13-26-23-10-8-19-18-20(9-11-21(19)22(23)12-14-32(26,33)2)40-31-36-28(35-30(34)37-31)27-24-6-4-5-7-25(24)29-38(27)16-17-41-29/h1,4-7,9,11,18,22-23,26,39H,8,10,12-17H2,2H3. The normalized spacial score (nSPS) is 29.9. The predicted octanol–water partition coefficient (Wildman–Crippen LogP) is 6.75. The summed E-state index contributed by atoms with van der Waals surface area (Å²) in [4.78, 5) is 12.6. The van der Waals surface area contributed by atoms with Crippen molar-refractivity contribution in [3.63, 3.8) is 0 Å². The quantitative estimate of drug-likeness (QED) is 0.277. The fourth-order valence-corrected chi connectivity index (χ4v) is 9.72. The third-order valence-corrected chi connectivity index (χ3v) is 11.7. The molecule has 41 heavy (non-hydrogen) atoms. The third-order valence-electron chi connectivity index (χ3n) is 10.6. The summed E-state index contributed by atoms with van der Waals surface area (Å²) in [6, 6.07) is 14.2. The van der Waals surface area contributed by atoms with Gasteiger partial charge < -0.3 is 14.4 Å². The SMILES string of the molecule is C#CC1(O)CCC2C3CCc4cc(Oc5nc(F)nc(-c6c7ccccc7c7n6CCS7)n5)ccc4C3CCC21C. The van der Waals surface area contributed by atoms with Gasteiger partial charge >= 0.3 is 12.1 Å². The summed E-state index contributed by atoms with van der Waals surface area (Å²) in [6.07, 6.45) is 10.6. The van der Waals surface area contributed by atoms with Crippen molar-refractivity contribution in [1.29, 1.82) is 0 Å². The molecule has 3 aliphatic carbocycles. The van der Waals surface area contributed by atoms with Crippen molar-refractivity contribution < 1.29 is 14.2 Å². The second kappa shape index (κ2) is 9.04. The molecule has 3 heterocycles. The number of aliphatic hydroxyl groups is 1. The number of hydrogen-bond acceptors (Lipinski definition) is 6. The lowest BCUT2D eigenvalue weighted by Crippen LogP contribution is -2.50. The molecule has 0 bridgehead atoms. The number of halogens is 1. The molecule has 1 aliphatic heterocycles. The number of aromatic nitrogens is 4. The van der Waals surface area contributed by atoms with Crippen molar-refractivity contribution in [2.24, 2.45) is 17.3 Å². The van der Waals surface area contributed by atoms with E-state index < -0.39 is 11.7 Å². The molecule has 8 rings (SSSR count). The van der Waals surface area contributed by atoms with Crippen LogP contribution in [0.1, 0.15) is 56.1 Å². The van der Waals surface area contributed by atoms with Crippen molar-refractivity contribution in [1.82, 2.24) is 19.5 Å². The molecule has 0 spiro atoms. The van der Waals surface area contributed by atoms with Gasteiger partial charge in [0.25, 0.3) is 0 Å². The zero-order valence-electron chi connectivity index (χ0n) is 22.9. The highest BCUT2D eigenvalue weighted by molar-refractivity contribution is 7.99. The maximum atomic E-state index is 14.8. The van der Waals surface area contributed by atoms with Gasteiger partial charge in [-0.25, -0.2) is 0 Å². The number of ether oxygens (including phenoxy) is 1. The Hall–Kier alpha value is -3.41. The molecule has 2 aromatic heterocycles. The highest BCUT2D eigenvalue weighted by Gasteiger charge is 2.61. The maximum Gasteiger partial charge on any atom is 0.328 e. The van der Waals surface area contributed by atoms with Crippen LogP contribution in [0.25, 0.3) is 22.3 Å². The molecule has 5 atom stereocenters. The van der Waals surface area contributed by atoms with E-state index in [0.29, 0.717) is 29.9 Å². The van der Waals surface area contributed by atoms with Crippen LogP contribution in [0.3, 0.4) is 0 Å². The van der Waals surface area contributed by atoms with Crippen LogP contribution in [0.4, 0.5) is 4.39 Å². The largest absolute Gasteiger partial charge is 0.424 e. The molecule has 4 aromatic rings. The summed E-state index contributed by atoms with van der Waals surface area (Å²) in [7, 11) is 0. The number of thioether (sulfide) groups is 1. The van der Waals surface area contributed by atoms with Crippen molar-refractivity contribution >= 4 is 22.5 Å². The van der Waals surface area contributed by atoms with Crippen molar-refractivity contribution in [3.8, 4) is 35.6 Å². The van der Waals surface area contributed by atoms with Crippen LogP contribution >= 0.6 is 11.8 Å². The minimum Gasteiger partial charge on any atom is -0.424 e. The van der Waals surface area contributed by atoms with Gasteiger partial charge in [-0.1, -0.05) is 43.2 Å². The number of terminal acetylenes is 1. The fourth-order valence-electron chi connectivity index (χ4n) is 8.58. The first-order valence-corrected chi connectivity index (χ1v) is 15.5. The van der Waals surface area contributed by atoms with Gasteiger partial charge in [0.15, 0.2) is 5.82 Å². The molecule has 4 aliphatic rings. The second-order valence-electron chi connectivity index (χ2n) is 12.3. The Labute approximate surface area is 242 Å². The fraction of sp³-hybridized carbons (Fsp3) is 0.424. The van der Waals surface area contributed by atoms with Crippen LogP contribution in [-0.2, 0) is 13.0 Å². The van der Waals surface area contributed by atoms with Crippen molar-refractivity contribution in [3.05, 3.63) is 59.7 Å². The monoisotopic (exact) mass is 566 g/mol. The van der Waals surface area contributed by atoms with Crippen LogP contribution < -0.4 is 4.74 Å². The van der Waals surface area contributed by atoms with Crippen molar-refractivity contribution in [2.75, 3.05) is 5.75 Å². The molecule has 208 valence electrons. The second-order valence-corrected chi connectivity index (χ2v) is 13.4. The zero-order chi connectivity index (χ0) is 27.9. The van der Waals surface area contributed by atoms with Crippen LogP contribution in [0, 0.1) is 35.7 Å². The Balaban J connectivity index is 1.09. The first-order valence-electron chi connectivity index (χ1n) is 14.6. The van der Waals surface area contributed by atoms with Crippen LogP contribution in [0.2, 0.25) is 0 Å². The molecule has 0 saturated heterocycles. The molecule has 0 radical (unpaired) electrons. The van der Waals surface area contributed by atoms with Gasteiger partial charge in [-0.3, -0.25) is 0 Å². The van der Waals surface area contributed by atoms with Crippen LogP contribution in [0.15, 0.2) is 47.5 Å². The summed E-state index contributed by atoms with van der Waals surface area (Å²) in [5.41, 5.74) is 2.22. The van der Waals surface area contributed by atoms with E-state index in [1.165, 1.54) is 11.1 Å². The first kappa shape index (κ1) is 25.3. The lowest BCUT2D eigenvalue weighted by Gasteiger charge is -2.52. The lowest BCUT2D eigenvalue weighted by atomic mass is 9.53. The average Bonchev–Trinajstić information content (AvgIpc) is 3.64. The number of aryl methyl sites for hydroxylation is 1. The maximum absolute atomic E-state index is 14.8. The van der Waals surface area contributed by atoms with E-state index in [1.807, 2.05) is 24.3 Å². The minimum absolute atomic E-state index is 0.0422. The topological polar surface area (TPSA) is 73.1 Å². The molecule has 0 amide bonds. The molecule has 8 heteroatoms. The Morgan fingerprint density at radius 1 is 1.10 bits per heavy atom. The van der Waals surface area contributed by atoms with Gasteiger partial charge in [0, 0.05) is 28.5 Å². The lowest BCUT2D eigenvalue weighted by molar-refractivity contribution is -0.0646. The Morgan fingerprint density at radius 3 is 2.80 bits per heavy atom. The Morgan fingerprint density at radius 2 is 1.95 bits per heavy atom. The first-order chi connectivity index (χ1) is 19.9.